The van der Waals surface area contributed by atoms with Crippen LogP contribution in [0.3, 0.4) is 0 Å². The van der Waals surface area contributed by atoms with E-state index in [2.05, 4.69) is 10.6 Å². The molecule has 0 aromatic heterocycles. The summed E-state index contributed by atoms with van der Waals surface area (Å²) in [6, 6.07) is 22.0. The lowest BCUT2D eigenvalue weighted by Crippen LogP contribution is -2.29. The smallest absolute Gasteiger partial charge is 0.308 e. The van der Waals surface area contributed by atoms with E-state index in [0.29, 0.717) is 5.69 Å². The van der Waals surface area contributed by atoms with Gasteiger partial charge in [0.1, 0.15) is 0 Å². The Balaban J connectivity index is 1.54. The van der Waals surface area contributed by atoms with Crippen LogP contribution in [0, 0.1) is 0 Å². The van der Waals surface area contributed by atoms with Crippen molar-refractivity contribution >= 4 is 34.2 Å². The number of esters is 1. The summed E-state index contributed by atoms with van der Waals surface area (Å²) in [5.41, 5.74) is 1.42. The molecule has 6 nitrogen and oxygen atoms in total. The second-order valence-corrected chi connectivity index (χ2v) is 6.64. The van der Waals surface area contributed by atoms with Gasteiger partial charge in [0.15, 0.2) is 6.61 Å². The van der Waals surface area contributed by atoms with Crippen molar-refractivity contribution in [3.63, 3.8) is 0 Å². The second-order valence-electron chi connectivity index (χ2n) is 6.64. The number of ether oxygens (including phenoxy) is 1. The molecule has 0 aliphatic carbocycles. The van der Waals surface area contributed by atoms with Crippen LogP contribution in [-0.4, -0.2) is 24.4 Å². The summed E-state index contributed by atoms with van der Waals surface area (Å²) in [5.74, 6) is -1.24. The molecule has 2 amide bonds. The average molecular weight is 390 g/mol. The van der Waals surface area contributed by atoms with Crippen molar-refractivity contribution in [3.8, 4) is 0 Å². The van der Waals surface area contributed by atoms with Gasteiger partial charge in [-0.3, -0.25) is 14.4 Å². The normalized spacial score (nSPS) is 11.5. The summed E-state index contributed by atoms with van der Waals surface area (Å²) < 4.78 is 5.09. The molecule has 1 atom stereocenters. The molecular weight excluding hydrogens is 368 g/mol. The van der Waals surface area contributed by atoms with Crippen LogP contribution in [0.25, 0.3) is 10.8 Å². The molecular formula is C23H22N2O4. The van der Waals surface area contributed by atoms with Crippen molar-refractivity contribution in [1.29, 1.82) is 0 Å². The lowest BCUT2D eigenvalue weighted by molar-refractivity contribution is -0.148. The Morgan fingerprint density at radius 1 is 0.897 bits per heavy atom. The number of hydrogen-bond acceptors (Lipinski definition) is 4. The molecule has 29 heavy (non-hydrogen) atoms. The third-order valence-corrected chi connectivity index (χ3v) is 4.35. The minimum Gasteiger partial charge on any atom is -0.455 e. The number of amides is 2. The Hall–Kier alpha value is -3.67. The van der Waals surface area contributed by atoms with Gasteiger partial charge >= 0.3 is 5.97 Å². The molecule has 3 aromatic rings. The van der Waals surface area contributed by atoms with E-state index in [-0.39, 0.29) is 12.3 Å². The molecule has 0 bridgehead atoms. The van der Waals surface area contributed by atoms with Gasteiger partial charge in [-0.15, -0.1) is 0 Å². The lowest BCUT2D eigenvalue weighted by atomic mass is 10.0. The summed E-state index contributed by atoms with van der Waals surface area (Å²) in [6.07, 6.45) is -0.0627. The van der Waals surface area contributed by atoms with Crippen molar-refractivity contribution in [2.75, 3.05) is 11.9 Å². The van der Waals surface area contributed by atoms with Gasteiger partial charge in [0.25, 0.3) is 5.91 Å². The number of fused-ring (bicyclic) bond motifs is 1. The number of carbonyl (C=O) groups is 3. The number of carbonyl (C=O) groups excluding carboxylic acids is 3. The molecule has 0 fully saturated rings. The number of benzene rings is 3. The molecule has 3 rings (SSSR count). The predicted molar refractivity (Wildman–Crippen MR) is 111 cm³/mol. The topological polar surface area (TPSA) is 84.5 Å². The lowest BCUT2D eigenvalue weighted by Gasteiger charge is -2.17. The van der Waals surface area contributed by atoms with Crippen molar-refractivity contribution in [3.05, 3.63) is 78.4 Å². The molecule has 0 saturated carbocycles. The highest BCUT2D eigenvalue weighted by Gasteiger charge is 2.18. The maximum atomic E-state index is 12.2. The first kappa shape index (κ1) is 20.1. The van der Waals surface area contributed by atoms with E-state index < -0.39 is 24.5 Å². The Morgan fingerprint density at radius 3 is 2.31 bits per heavy atom. The molecule has 0 unspecified atom stereocenters. The first-order valence-corrected chi connectivity index (χ1v) is 9.27. The standard InChI is InChI=1S/C23H22N2O4/c1-16(26)24-21(18-8-3-2-4-9-18)14-23(28)29-15-22(27)25-20-12-11-17-7-5-6-10-19(17)13-20/h2-13,21H,14-15H2,1H3,(H,24,26)(H,25,27)/t21-/m1/s1. The molecule has 0 heterocycles. The average Bonchev–Trinajstić information content (AvgIpc) is 2.72. The SMILES string of the molecule is CC(=O)N[C@H](CC(=O)OCC(=O)Nc1ccc2ccccc2c1)c1ccccc1. The Labute approximate surface area is 168 Å². The maximum absolute atomic E-state index is 12.2. The van der Waals surface area contributed by atoms with Crippen LogP contribution in [0.15, 0.2) is 72.8 Å². The zero-order valence-electron chi connectivity index (χ0n) is 16.1. The second kappa shape index (κ2) is 9.50. The maximum Gasteiger partial charge on any atom is 0.308 e. The van der Waals surface area contributed by atoms with Gasteiger partial charge < -0.3 is 15.4 Å². The molecule has 0 radical (unpaired) electrons. The van der Waals surface area contributed by atoms with Crippen LogP contribution in [-0.2, 0) is 19.1 Å². The Morgan fingerprint density at radius 2 is 1.59 bits per heavy atom. The van der Waals surface area contributed by atoms with E-state index >= 15 is 0 Å². The van der Waals surface area contributed by atoms with Crippen molar-refractivity contribution < 1.29 is 19.1 Å². The molecule has 0 aliphatic heterocycles. The van der Waals surface area contributed by atoms with Gasteiger partial charge in [-0.1, -0.05) is 60.7 Å². The zero-order chi connectivity index (χ0) is 20.6. The fourth-order valence-corrected chi connectivity index (χ4v) is 3.02. The van der Waals surface area contributed by atoms with Gasteiger partial charge in [0, 0.05) is 12.6 Å². The predicted octanol–water partition coefficient (Wildman–Crippen LogP) is 3.59. The van der Waals surface area contributed by atoms with Gasteiger partial charge in [0.05, 0.1) is 12.5 Å². The Kier molecular flexibility index (Phi) is 6.58. The van der Waals surface area contributed by atoms with Gasteiger partial charge in [0.2, 0.25) is 5.91 Å². The number of nitrogens with one attached hydrogen (secondary N) is 2. The van der Waals surface area contributed by atoms with E-state index in [1.165, 1.54) is 6.92 Å². The molecule has 148 valence electrons. The van der Waals surface area contributed by atoms with E-state index in [1.807, 2.05) is 66.7 Å². The molecule has 0 aliphatic rings. The largest absolute Gasteiger partial charge is 0.455 e. The molecule has 6 heteroatoms. The van der Waals surface area contributed by atoms with Crippen LogP contribution in [0.5, 0.6) is 0 Å². The third-order valence-electron chi connectivity index (χ3n) is 4.35. The van der Waals surface area contributed by atoms with Crippen LogP contribution >= 0.6 is 0 Å². The van der Waals surface area contributed by atoms with E-state index in [4.69, 9.17) is 4.74 Å². The van der Waals surface area contributed by atoms with E-state index in [1.54, 1.807) is 6.07 Å². The van der Waals surface area contributed by atoms with Crippen LogP contribution in [0.2, 0.25) is 0 Å². The van der Waals surface area contributed by atoms with Gasteiger partial charge in [-0.05, 0) is 28.5 Å². The van der Waals surface area contributed by atoms with Crippen molar-refractivity contribution in [2.24, 2.45) is 0 Å². The van der Waals surface area contributed by atoms with Crippen LogP contribution < -0.4 is 10.6 Å². The van der Waals surface area contributed by atoms with Crippen LogP contribution in [0.1, 0.15) is 24.9 Å². The van der Waals surface area contributed by atoms with E-state index in [0.717, 1.165) is 16.3 Å². The van der Waals surface area contributed by atoms with E-state index in [9.17, 15) is 14.4 Å². The highest BCUT2D eigenvalue weighted by molar-refractivity contribution is 5.95. The van der Waals surface area contributed by atoms with Gasteiger partial charge in [-0.2, -0.15) is 0 Å². The number of hydrogen-bond donors (Lipinski definition) is 2. The van der Waals surface area contributed by atoms with Crippen molar-refractivity contribution in [2.45, 2.75) is 19.4 Å². The van der Waals surface area contributed by atoms with Crippen LogP contribution in [0.4, 0.5) is 5.69 Å². The number of anilines is 1. The molecule has 3 aromatic carbocycles. The first-order chi connectivity index (χ1) is 14.0. The zero-order valence-corrected chi connectivity index (χ0v) is 16.1. The fourth-order valence-electron chi connectivity index (χ4n) is 3.02. The fraction of sp³-hybridized carbons (Fsp3) is 0.174. The quantitative estimate of drug-likeness (QED) is 0.604. The van der Waals surface area contributed by atoms with Crippen molar-refractivity contribution in [1.82, 2.24) is 5.32 Å². The highest BCUT2D eigenvalue weighted by Crippen LogP contribution is 2.19. The monoisotopic (exact) mass is 390 g/mol. The number of rotatable bonds is 7. The summed E-state index contributed by atoms with van der Waals surface area (Å²) in [4.78, 5) is 35.8. The Bertz CT molecular complexity index is 1020. The molecule has 0 spiro atoms. The molecule has 2 N–H and O–H groups in total. The summed E-state index contributed by atoms with van der Waals surface area (Å²) >= 11 is 0. The van der Waals surface area contributed by atoms with Gasteiger partial charge in [-0.25, -0.2) is 0 Å². The first-order valence-electron chi connectivity index (χ1n) is 9.27. The summed E-state index contributed by atoms with van der Waals surface area (Å²) in [6.45, 7) is 0.992. The summed E-state index contributed by atoms with van der Waals surface area (Å²) in [7, 11) is 0. The minimum absolute atomic E-state index is 0.0627. The molecule has 0 saturated heterocycles. The highest BCUT2D eigenvalue weighted by atomic mass is 16.5. The third kappa shape index (κ3) is 5.90. The minimum atomic E-state index is -0.568. The summed E-state index contributed by atoms with van der Waals surface area (Å²) in [5, 5.41) is 7.53.